The second-order valence-electron chi connectivity index (χ2n) is 9.23. The molecule has 3 aliphatic rings. The number of carbonyl (C=O) groups is 1. The normalized spacial score (nSPS) is 48.9. The third kappa shape index (κ3) is 6.37. The van der Waals surface area contributed by atoms with Gasteiger partial charge in [-0.15, -0.1) is 0 Å². The van der Waals surface area contributed by atoms with E-state index in [4.69, 9.17) is 53.3 Å². The van der Waals surface area contributed by atoms with Crippen LogP contribution >= 0.6 is 0 Å². The lowest BCUT2D eigenvalue weighted by molar-refractivity contribution is -0.314. The van der Waals surface area contributed by atoms with Crippen molar-refractivity contribution >= 4 is 6.09 Å². The molecule has 2 aliphatic heterocycles. The molecule has 2 saturated heterocycles. The molecule has 0 spiro atoms. The first kappa shape index (κ1) is 28.3. The second kappa shape index (κ2) is 11.9. The zero-order valence-electron chi connectivity index (χ0n) is 19.1. The van der Waals surface area contributed by atoms with E-state index in [2.05, 4.69) is 4.74 Å². The van der Waals surface area contributed by atoms with Gasteiger partial charge in [-0.05, 0) is 12.8 Å². The minimum absolute atomic E-state index is 0.0350. The standard InChI is InChI=1S/C19H38N6O10/c20-3-9-8(26)2-7(23)17(32-9)34-15-5(21)1-6(22)16(14(15)29)35-18-13(28)11(24)12(27)10(33-18)4-31-19(25)30/h5-18,26-29H,1-4,20-24H2,(H2,25,30)/t5-,6+,7+,8-,9+,10+,11-,12+,13+,14-,15+,16-,17+,18-/m0/s1. The summed E-state index contributed by atoms with van der Waals surface area (Å²) >= 11 is 0. The fourth-order valence-corrected chi connectivity index (χ4v) is 4.58. The zero-order valence-corrected chi connectivity index (χ0v) is 19.1. The predicted molar refractivity (Wildman–Crippen MR) is 117 cm³/mol. The van der Waals surface area contributed by atoms with E-state index >= 15 is 0 Å². The number of primary amides is 1. The van der Waals surface area contributed by atoms with Crippen LogP contribution in [0.15, 0.2) is 0 Å². The Bertz CT molecular complexity index is 711. The van der Waals surface area contributed by atoms with E-state index in [0.29, 0.717) is 0 Å². The van der Waals surface area contributed by atoms with Crippen LogP contribution in [0.4, 0.5) is 4.79 Å². The largest absolute Gasteiger partial charge is 0.447 e. The van der Waals surface area contributed by atoms with Gasteiger partial charge in [0.2, 0.25) is 0 Å². The van der Waals surface area contributed by atoms with Gasteiger partial charge in [-0.25, -0.2) is 4.79 Å². The highest BCUT2D eigenvalue weighted by atomic mass is 16.7. The lowest BCUT2D eigenvalue weighted by Gasteiger charge is -2.47. The zero-order chi connectivity index (χ0) is 26.0. The van der Waals surface area contributed by atoms with Crippen molar-refractivity contribution < 1.29 is 48.9 Å². The van der Waals surface area contributed by atoms with Gasteiger partial charge in [0.1, 0.15) is 43.2 Å². The third-order valence-electron chi connectivity index (χ3n) is 6.62. The topological polar surface area (TPSA) is 300 Å². The van der Waals surface area contributed by atoms with E-state index < -0.39 is 98.3 Å². The van der Waals surface area contributed by atoms with E-state index in [1.54, 1.807) is 0 Å². The minimum Gasteiger partial charge on any atom is -0.447 e. The van der Waals surface area contributed by atoms with E-state index in [9.17, 15) is 25.2 Å². The molecule has 3 fully saturated rings. The maximum Gasteiger partial charge on any atom is 0.404 e. The second-order valence-corrected chi connectivity index (χ2v) is 9.23. The van der Waals surface area contributed by atoms with E-state index in [1.807, 2.05) is 0 Å². The first-order valence-corrected chi connectivity index (χ1v) is 11.4. The van der Waals surface area contributed by atoms with Crippen molar-refractivity contribution in [3.63, 3.8) is 0 Å². The van der Waals surface area contributed by atoms with Crippen LogP contribution in [-0.2, 0) is 23.7 Å². The number of amides is 1. The summed E-state index contributed by atoms with van der Waals surface area (Å²) in [5, 5.41) is 41.8. The average Bonchev–Trinajstić information content (AvgIpc) is 2.79. The highest BCUT2D eigenvalue weighted by Gasteiger charge is 2.50. The van der Waals surface area contributed by atoms with Gasteiger partial charge in [0.25, 0.3) is 0 Å². The summed E-state index contributed by atoms with van der Waals surface area (Å²) < 4.78 is 27.6. The van der Waals surface area contributed by atoms with Crippen molar-refractivity contribution in [3.8, 4) is 0 Å². The molecule has 1 amide bonds. The fraction of sp³-hybridized carbons (Fsp3) is 0.947. The summed E-state index contributed by atoms with van der Waals surface area (Å²) in [6, 6.07) is -3.46. The Morgan fingerprint density at radius 3 is 1.94 bits per heavy atom. The molecule has 204 valence electrons. The summed E-state index contributed by atoms with van der Waals surface area (Å²) in [6.07, 6.45) is -12.5. The number of rotatable bonds is 7. The van der Waals surface area contributed by atoms with Crippen molar-refractivity contribution in [2.45, 2.75) is 98.4 Å². The van der Waals surface area contributed by atoms with Gasteiger partial charge in [0, 0.05) is 18.6 Å². The Morgan fingerprint density at radius 2 is 1.37 bits per heavy atom. The number of nitrogens with two attached hydrogens (primary N) is 6. The van der Waals surface area contributed by atoms with Crippen molar-refractivity contribution in [2.24, 2.45) is 34.4 Å². The minimum atomic E-state index is -1.51. The summed E-state index contributed by atoms with van der Waals surface area (Å²) in [5.41, 5.74) is 34.9. The molecule has 16 N–H and O–H groups in total. The number of aliphatic hydroxyl groups is 4. The van der Waals surface area contributed by atoms with E-state index in [0.717, 1.165) is 0 Å². The molecule has 16 nitrogen and oxygen atoms in total. The maximum absolute atomic E-state index is 11.1. The predicted octanol–water partition coefficient (Wildman–Crippen LogP) is -6.19. The highest BCUT2D eigenvalue weighted by molar-refractivity contribution is 5.64. The summed E-state index contributed by atoms with van der Waals surface area (Å²) in [6.45, 7) is -0.412. The Kier molecular flexibility index (Phi) is 9.60. The van der Waals surface area contributed by atoms with Crippen molar-refractivity contribution in [2.75, 3.05) is 13.2 Å². The molecular weight excluding hydrogens is 472 g/mol. The molecule has 0 radical (unpaired) electrons. The molecule has 14 atom stereocenters. The number of hydrogen-bond acceptors (Lipinski definition) is 15. The third-order valence-corrected chi connectivity index (χ3v) is 6.62. The molecule has 2 heterocycles. The smallest absolute Gasteiger partial charge is 0.404 e. The van der Waals surface area contributed by atoms with Crippen LogP contribution in [0.1, 0.15) is 12.8 Å². The van der Waals surface area contributed by atoms with Crippen LogP contribution in [-0.4, -0.2) is 125 Å². The van der Waals surface area contributed by atoms with Gasteiger partial charge in [0.05, 0.1) is 24.3 Å². The van der Waals surface area contributed by atoms with E-state index in [1.165, 1.54) is 0 Å². The molecule has 3 rings (SSSR count). The Morgan fingerprint density at radius 1 is 0.800 bits per heavy atom. The molecule has 1 aliphatic carbocycles. The number of hydrogen-bond donors (Lipinski definition) is 10. The van der Waals surface area contributed by atoms with Crippen LogP contribution in [0.3, 0.4) is 0 Å². The molecule has 0 aromatic rings. The van der Waals surface area contributed by atoms with E-state index in [-0.39, 0.29) is 19.4 Å². The van der Waals surface area contributed by atoms with Gasteiger partial charge in [-0.3, -0.25) is 0 Å². The summed E-state index contributed by atoms with van der Waals surface area (Å²) in [5.74, 6) is 0. The Balaban J connectivity index is 1.70. The monoisotopic (exact) mass is 510 g/mol. The van der Waals surface area contributed by atoms with Crippen LogP contribution in [0.25, 0.3) is 0 Å². The van der Waals surface area contributed by atoms with Crippen molar-refractivity contribution in [1.82, 2.24) is 0 Å². The molecule has 1 saturated carbocycles. The van der Waals surface area contributed by atoms with Gasteiger partial charge in [-0.1, -0.05) is 0 Å². The van der Waals surface area contributed by atoms with Crippen LogP contribution in [0.5, 0.6) is 0 Å². The maximum atomic E-state index is 11.1. The fourth-order valence-electron chi connectivity index (χ4n) is 4.58. The molecule has 35 heavy (non-hydrogen) atoms. The number of aliphatic hydroxyl groups excluding tert-OH is 4. The first-order chi connectivity index (χ1) is 16.4. The Labute approximate surface area is 201 Å². The lowest BCUT2D eigenvalue weighted by Crippen LogP contribution is -2.68. The van der Waals surface area contributed by atoms with Crippen molar-refractivity contribution in [1.29, 1.82) is 0 Å². The van der Waals surface area contributed by atoms with Gasteiger partial charge in [0.15, 0.2) is 12.6 Å². The van der Waals surface area contributed by atoms with Crippen LogP contribution < -0.4 is 34.4 Å². The number of ether oxygens (including phenoxy) is 5. The molecule has 0 unspecified atom stereocenters. The van der Waals surface area contributed by atoms with Gasteiger partial charge >= 0.3 is 6.09 Å². The molecule has 0 aromatic heterocycles. The molecule has 16 heteroatoms. The van der Waals surface area contributed by atoms with Gasteiger partial charge < -0.3 is 78.5 Å². The quantitative estimate of drug-likeness (QED) is 0.152. The van der Waals surface area contributed by atoms with Crippen LogP contribution in [0.2, 0.25) is 0 Å². The number of carbonyl (C=O) groups excluding carboxylic acids is 1. The lowest BCUT2D eigenvalue weighted by atomic mass is 9.84. The first-order valence-electron chi connectivity index (χ1n) is 11.4. The van der Waals surface area contributed by atoms with Gasteiger partial charge in [-0.2, -0.15) is 0 Å². The van der Waals surface area contributed by atoms with Crippen LogP contribution in [0, 0.1) is 0 Å². The van der Waals surface area contributed by atoms with Crippen molar-refractivity contribution in [3.05, 3.63) is 0 Å². The SMILES string of the molecule is NC[C@H]1O[C@H](O[C@H]2[C@H](O)[C@@H](O[C@@H]3O[C@H](COC(N)=O)[C@@H](O)[C@H](N)[C@H]3O)[C@H](N)C[C@@H]2N)[C@H](N)C[C@@H]1O. The molecular formula is C19H38N6O10. The summed E-state index contributed by atoms with van der Waals surface area (Å²) in [7, 11) is 0. The summed E-state index contributed by atoms with van der Waals surface area (Å²) in [4.78, 5) is 10.9. The molecule has 0 aromatic carbocycles. The average molecular weight is 511 g/mol. The highest BCUT2D eigenvalue weighted by Crippen LogP contribution is 2.30. The molecule has 0 bridgehead atoms. The Hall–Kier alpha value is -1.25.